The van der Waals surface area contributed by atoms with Crippen molar-refractivity contribution in [3.05, 3.63) is 53.1 Å². The second-order valence-electron chi connectivity index (χ2n) is 5.16. The molecule has 138 valence electrons. The number of halogens is 4. The Morgan fingerprint density at radius 2 is 1.62 bits per heavy atom. The van der Waals surface area contributed by atoms with Crippen LogP contribution in [0.1, 0.15) is 12.5 Å². The van der Waals surface area contributed by atoms with Crippen molar-refractivity contribution in [2.45, 2.75) is 13.1 Å². The Hall–Kier alpha value is -2.39. The molecule has 2 N–H and O–H groups in total. The Kier molecular flexibility index (Phi) is 6.04. The van der Waals surface area contributed by atoms with Crippen molar-refractivity contribution in [1.82, 2.24) is 0 Å². The van der Waals surface area contributed by atoms with Crippen molar-refractivity contribution in [3.63, 3.8) is 0 Å². The Balaban J connectivity index is 2.09. The maximum atomic E-state index is 12.7. The molecule has 0 aliphatic heterocycles. The summed E-state index contributed by atoms with van der Waals surface area (Å²) in [5.74, 6) is -0.239. The average Bonchev–Trinajstić information content (AvgIpc) is 2.53. The van der Waals surface area contributed by atoms with Gasteiger partial charge in [-0.25, -0.2) is 9.10 Å². The van der Waals surface area contributed by atoms with Gasteiger partial charge in [-0.2, -0.15) is 13.2 Å². The van der Waals surface area contributed by atoms with Crippen molar-refractivity contribution in [1.29, 1.82) is 0 Å². The number of hydrogen-bond acceptors (Lipinski definition) is 3. The molecule has 0 saturated heterocycles. The first-order valence-corrected chi connectivity index (χ1v) is 7.90. The van der Waals surface area contributed by atoms with E-state index in [0.717, 1.165) is 22.5 Å². The van der Waals surface area contributed by atoms with E-state index < -0.39 is 22.8 Å². The van der Waals surface area contributed by atoms with Gasteiger partial charge in [-0.1, -0.05) is 24.4 Å². The summed E-state index contributed by atoms with van der Waals surface area (Å²) in [7, 11) is 0. The van der Waals surface area contributed by atoms with Crippen molar-refractivity contribution in [2.24, 2.45) is 0 Å². The highest BCUT2D eigenvalue weighted by atomic mass is 35.5. The zero-order valence-corrected chi connectivity index (χ0v) is 14.9. The second kappa shape index (κ2) is 7.88. The van der Waals surface area contributed by atoms with Gasteiger partial charge in [-0.15, -0.1) is 0 Å². The van der Waals surface area contributed by atoms with Gasteiger partial charge in [0, 0.05) is 18.3 Å². The average molecular weight is 404 g/mol. The molecule has 10 heteroatoms. The van der Waals surface area contributed by atoms with Crippen LogP contribution < -0.4 is 14.9 Å². The van der Waals surface area contributed by atoms with Crippen LogP contribution in [-0.4, -0.2) is 11.9 Å². The van der Waals surface area contributed by atoms with Gasteiger partial charge in [0.1, 0.15) is 0 Å². The molecule has 3 amide bonds. The number of nitrogens with one attached hydrogen (secondary N) is 2. The van der Waals surface area contributed by atoms with Gasteiger partial charge in [0.15, 0.2) is 0 Å². The van der Waals surface area contributed by atoms with Gasteiger partial charge in [-0.05, 0) is 42.5 Å². The van der Waals surface area contributed by atoms with Gasteiger partial charge >= 0.3 is 12.2 Å². The summed E-state index contributed by atoms with van der Waals surface area (Å²) in [5, 5.41) is 4.44. The largest absolute Gasteiger partial charge is 0.417 e. The van der Waals surface area contributed by atoms with Gasteiger partial charge in [0.2, 0.25) is 5.91 Å². The number of rotatable bonds is 3. The maximum absolute atomic E-state index is 12.7. The summed E-state index contributed by atoms with van der Waals surface area (Å²) in [6, 6.07) is 8.40. The zero-order chi connectivity index (χ0) is 19.5. The summed E-state index contributed by atoms with van der Waals surface area (Å²) in [5.41, 5.74) is 0.0197. The van der Waals surface area contributed by atoms with Crippen LogP contribution in [0.2, 0.25) is 5.02 Å². The molecule has 0 atom stereocenters. The standard InChI is InChI=1S/C16H13ClF3N3O2S/c1-9(24)21-10-2-5-12(6-3-10)23(26)15(25)22-11-4-7-13(14(17)8-11)16(18,19)20/h2-8,26H,1H3,(H,21,24)(H,22,25). The predicted octanol–water partition coefficient (Wildman–Crippen LogP) is 5.20. The quantitative estimate of drug-likeness (QED) is 0.617. The molecule has 0 aromatic heterocycles. The summed E-state index contributed by atoms with van der Waals surface area (Å²) in [6.07, 6.45) is -4.58. The lowest BCUT2D eigenvalue weighted by Crippen LogP contribution is -2.26. The van der Waals surface area contributed by atoms with Crippen LogP contribution in [-0.2, 0) is 11.0 Å². The molecule has 2 aromatic carbocycles. The van der Waals surface area contributed by atoms with E-state index in [1.54, 1.807) is 12.1 Å². The maximum Gasteiger partial charge on any atom is 0.417 e. The molecule has 2 aromatic rings. The number of carbonyl (C=O) groups excluding carboxylic acids is 2. The highest BCUT2D eigenvalue weighted by Crippen LogP contribution is 2.36. The lowest BCUT2D eigenvalue weighted by Gasteiger charge is -2.17. The first-order chi connectivity index (χ1) is 12.1. The lowest BCUT2D eigenvalue weighted by molar-refractivity contribution is -0.137. The Labute approximate surface area is 157 Å². The number of benzene rings is 2. The molecule has 0 aliphatic carbocycles. The van der Waals surface area contributed by atoms with Crippen LogP contribution in [0.4, 0.5) is 35.0 Å². The third-order valence-corrected chi connectivity index (χ3v) is 3.88. The van der Waals surface area contributed by atoms with Crippen molar-refractivity contribution in [2.75, 3.05) is 14.9 Å². The predicted molar refractivity (Wildman–Crippen MR) is 97.7 cm³/mol. The Morgan fingerprint density at radius 3 is 2.12 bits per heavy atom. The minimum Gasteiger partial charge on any atom is -0.326 e. The third-order valence-electron chi connectivity index (χ3n) is 3.15. The highest BCUT2D eigenvalue weighted by molar-refractivity contribution is 7.82. The van der Waals surface area contributed by atoms with Crippen LogP contribution in [0.3, 0.4) is 0 Å². The number of nitrogens with zero attached hydrogens (tertiary/aromatic N) is 1. The number of carbonyl (C=O) groups is 2. The topological polar surface area (TPSA) is 61.4 Å². The summed E-state index contributed by atoms with van der Waals surface area (Å²) in [4.78, 5) is 23.1. The number of urea groups is 1. The Morgan fingerprint density at radius 1 is 1.04 bits per heavy atom. The minimum absolute atomic E-state index is 0.0851. The van der Waals surface area contributed by atoms with Crippen LogP contribution in [0.25, 0.3) is 0 Å². The van der Waals surface area contributed by atoms with Crippen LogP contribution in [0.5, 0.6) is 0 Å². The molecular formula is C16H13ClF3N3O2S. The monoisotopic (exact) mass is 403 g/mol. The normalized spacial score (nSPS) is 11.0. The Bertz CT molecular complexity index is 828. The van der Waals surface area contributed by atoms with Crippen LogP contribution in [0, 0.1) is 0 Å². The molecular weight excluding hydrogens is 391 g/mol. The zero-order valence-electron chi connectivity index (χ0n) is 13.3. The fraction of sp³-hybridized carbons (Fsp3) is 0.125. The molecule has 26 heavy (non-hydrogen) atoms. The van der Waals surface area contributed by atoms with E-state index in [0.29, 0.717) is 11.4 Å². The molecule has 5 nitrogen and oxygen atoms in total. The third kappa shape index (κ3) is 5.06. The van der Waals surface area contributed by atoms with Crippen molar-refractivity contribution in [3.8, 4) is 0 Å². The van der Waals surface area contributed by atoms with E-state index in [1.165, 1.54) is 19.1 Å². The van der Waals surface area contributed by atoms with Crippen molar-refractivity contribution < 1.29 is 22.8 Å². The van der Waals surface area contributed by atoms with E-state index in [1.807, 2.05) is 0 Å². The number of alkyl halides is 3. The fourth-order valence-electron chi connectivity index (χ4n) is 2.01. The van der Waals surface area contributed by atoms with E-state index in [-0.39, 0.29) is 11.6 Å². The summed E-state index contributed by atoms with van der Waals surface area (Å²) < 4.78 is 39.0. The first-order valence-electron chi connectivity index (χ1n) is 7.12. The molecule has 0 heterocycles. The summed E-state index contributed by atoms with van der Waals surface area (Å²) in [6.45, 7) is 1.36. The fourth-order valence-corrected chi connectivity index (χ4v) is 2.48. The summed E-state index contributed by atoms with van der Waals surface area (Å²) >= 11 is 9.68. The number of thiol groups is 1. The van der Waals surface area contributed by atoms with E-state index in [2.05, 4.69) is 23.4 Å². The highest BCUT2D eigenvalue weighted by Gasteiger charge is 2.33. The van der Waals surface area contributed by atoms with Gasteiger partial charge < -0.3 is 10.6 Å². The minimum atomic E-state index is -4.58. The molecule has 0 aliphatic rings. The second-order valence-corrected chi connectivity index (χ2v) is 5.97. The lowest BCUT2D eigenvalue weighted by atomic mass is 10.2. The van der Waals surface area contributed by atoms with Gasteiger partial charge in [0.25, 0.3) is 0 Å². The number of amides is 3. The van der Waals surface area contributed by atoms with Gasteiger partial charge in [0.05, 0.1) is 16.3 Å². The van der Waals surface area contributed by atoms with Crippen LogP contribution in [0.15, 0.2) is 42.5 Å². The molecule has 0 spiro atoms. The first kappa shape index (κ1) is 19.9. The molecule has 2 rings (SSSR count). The molecule has 0 saturated carbocycles. The smallest absolute Gasteiger partial charge is 0.326 e. The van der Waals surface area contributed by atoms with E-state index in [9.17, 15) is 22.8 Å². The molecule has 0 fully saturated rings. The molecule has 0 bridgehead atoms. The SMILES string of the molecule is CC(=O)Nc1ccc(N(S)C(=O)Nc2ccc(C(F)(F)F)c(Cl)c2)cc1. The molecule has 0 unspecified atom stereocenters. The molecule has 0 radical (unpaired) electrons. The number of hydrogen-bond donors (Lipinski definition) is 3. The van der Waals surface area contributed by atoms with Gasteiger partial charge in [-0.3, -0.25) is 4.79 Å². The van der Waals surface area contributed by atoms with Crippen molar-refractivity contribution >= 4 is 53.4 Å². The number of anilines is 3. The van der Waals surface area contributed by atoms with E-state index in [4.69, 9.17) is 11.6 Å². The van der Waals surface area contributed by atoms with E-state index >= 15 is 0 Å². The van der Waals surface area contributed by atoms with Crippen LogP contribution >= 0.6 is 24.4 Å².